The Bertz CT molecular complexity index is 193. The van der Waals surface area contributed by atoms with Gasteiger partial charge in [-0.3, -0.25) is 0 Å². The fraction of sp³-hybridized carbons (Fsp3) is 1.00. The van der Waals surface area contributed by atoms with Gasteiger partial charge in [-0.25, -0.2) is 0 Å². The van der Waals surface area contributed by atoms with Crippen molar-refractivity contribution in [2.75, 3.05) is 47.0 Å². The lowest BCUT2D eigenvalue weighted by atomic mass is 9.96. The lowest BCUT2D eigenvalue weighted by molar-refractivity contribution is 0.0630. The number of likely N-dealkylation sites (tertiary alicyclic amines) is 1. The monoisotopic (exact) mass is 230 g/mol. The number of hydrogen-bond donors (Lipinski definition) is 2. The van der Waals surface area contributed by atoms with Crippen molar-refractivity contribution in [2.24, 2.45) is 5.92 Å². The smallest absolute Gasteiger partial charge is 0.0623 e. The zero-order valence-electron chi connectivity index (χ0n) is 10.8. The van der Waals surface area contributed by atoms with Crippen LogP contribution in [0.25, 0.3) is 0 Å². The van der Waals surface area contributed by atoms with E-state index in [-0.39, 0.29) is 12.1 Å². The molecule has 2 N–H and O–H groups in total. The van der Waals surface area contributed by atoms with Gasteiger partial charge in [0, 0.05) is 20.2 Å². The van der Waals surface area contributed by atoms with E-state index in [1.54, 1.807) is 7.11 Å². The third kappa shape index (κ3) is 4.01. The summed E-state index contributed by atoms with van der Waals surface area (Å²) in [4.78, 5) is 2.43. The number of likely N-dealkylation sites (N-methyl/N-ethyl adjacent to an activating group) is 1. The molecule has 0 spiro atoms. The van der Waals surface area contributed by atoms with Gasteiger partial charge in [-0.15, -0.1) is 0 Å². The Morgan fingerprint density at radius 3 is 2.88 bits per heavy atom. The summed E-state index contributed by atoms with van der Waals surface area (Å²) >= 11 is 0. The average Bonchev–Trinajstić information content (AvgIpc) is 2.30. The molecule has 4 heteroatoms. The van der Waals surface area contributed by atoms with Gasteiger partial charge in [-0.05, 0) is 39.3 Å². The number of hydrogen-bond acceptors (Lipinski definition) is 4. The van der Waals surface area contributed by atoms with Crippen molar-refractivity contribution in [3.05, 3.63) is 0 Å². The van der Waals surface area contributed by atoms with E-state index >= 15 is 0 Å². The van der Waals surface area contributed by atoms with E-state index in [0.29, 0.717) is 5.92 Å². The summed E-state index contributed by atoms with van der Waals surface area (Å²) in [6.07, 6.45) is 2.50. The second-order valence-corrected chi connectivity index (χ2v) is 5.17. The molecule has 1 aliphatic heterocycles. The highest BCUT2D eigenvalue weighted by molar-refractivity contribution is 4.86. The highest BCUT2D eigenvalue weighted by Crippen LogP contribution is 2.18. The Kier molecular flexibility index (Phi) is 5.69. The number of nitrogens with zero attached hydrogens (tertiary/aromatic N) is 1. The third-order valence-electron chi connectivity index (χ3n) is 3.53. The largest absolute Gasteiger partial charge is 0.394 e. The Hall–Kier alpha value is -0.160. The van der Waals surface area contributed by atoms with Crippen LogP contribution >= 0.6 is 0 Å². The highest BCUT2D eigenvalue weighted by Gasteiger charge is 2.27. The fourth-order valence-corrected chi connectivity index (χ4v) is 2.37. The van der Waals surface area contributed by atoms with Crippen molar-refractivity contribution in [1.82, 2.24) is 10.2 Å². The van der Waals surface area contributed by atoms with E-state index in [1.165, 1.54) is 12.8 Å². The standard InChI is InChI=1S/C12H26N2O2/c1-12(10-15,13-2)9-14-6-4-5-11(7-14)8-16-3/h11,13,15H,4-10H2,1-3H3. The molecule has 16 heavy (non-hydrogen) atoms. The average molecular weight is 230 g/mol. The minimum atomic E-state index is -0.186. The van der Waals surface area contributed by atoms with Gasteiger partial charge in [-0.2, -0.15) is 0 Å². The normalized spacial score (nSPS) is 26.6. The van der Waals surface area contributed by atoms with E-state index in [1.807, 2.05) is 7.05 Å². The Labute approximate surface area is 99.0 Å². The van der Waals surface area contributed by atoms with Crippen molar-refractivity contribution >= 4 is 0 Å². The summed E-state index contributed by atoms with van der Waals surface area (Å²) in [6.45, 7) is 6.22. The first-order valence-corrected chi connectivity index (χ1v) is 6.14. The van der Waals surface area contributed by atoms with Crippen LogP contribution < -0.4 is 5.32 Å². The molecule has 0 amide bonds. The molecule has 96 valence electrons. The van der Waals surface area contributed by atoms with Gasteiger partial charge in [0.2, 0.25) is 0 Å². The van der Waals surface area contributed by atoms with Crippen molar-refractivity contribution in [3.63, 3.8) is 0 Å². The summed E-state index contributed by atoms with van der Waals surface area (Å²) in [7, 11) is 3.68. The zero-order chi connectivity index (χ0) is 12.0. The van der Waals surface area contributed by atoms with Crippen molar-refractivity contribution in [3.8, 4) is 0 Å². The molecule has 0 saturated carbocycles. The van der Waals surface area contributed by atoms with Crippen LogP contribution in [-0.4, -0.2) is 62.6 Å². The van der Waals surface area contributed by atoms with E-state index in [9.17, 15) is 5.11 Å². The van der Waals surface area contributed by atoms with Gasteiger partial charge in [-0.1, -0.05) is 0 Å². The third-order valence-corrected chi connectivity index (χ3v) is 3.53. The molecule has 1 fully saturated rings. The number of aliphatic hydroxyl groups excluding tert-OH is 1. The van der Waals surface area contributed by atoms with Crippen LogP contribution in [0.2, 0.25) is 0 Å². The SMILES string of the molecule is CNC(C)(CO)CN1CCCC(COC)C1. The minimum Gasteiger partial charge on any atom is -0.394 e. The molecule has 1 heterocycles. The number of methoxy groups -OCH3 is 1. The van der Waals surface area contributed by atoms with Crippen LogP contribution in [0, 0.1) is 5.92 Å². The molecule has 1 rings (SSSR count). The topological polar surface area (TPSA) is 44.7 Å². The van der Waals surface area contributed by atoms with Gasteiger partial charge in [0.15, 0.2) is 0 Å². The first kappa shape index (κ1) is 13.9. The van der Waals surface area contributed by atoms with Gasteiger partial charge >= 0.3 is 0 Å². The van der Waals surface area contributed by atoms with Gasteiger partial charge in [0.05, 0.1) is 18.8 Å². The van der Waals surface area contributed by atoms with Crippen LogP contribution in [-0.2, 0) is 4.74 Å². The first-order valence-electron chi connectivity index (χ1n) is 6.14. The molecule has 0 aromatic rings. The molecule has 0 aliphatic carbocycles. The number of nitrogens with one attached hydrogen (secondary N) is 1. The summed E-state index contributed by atoms with van der Waals surface area (Å²) < 4.78 is 5.22. The lowest BCUT2D eigenvalue weighted by Gasteiger charge is -2.38. The van der Waals surface area contributed by atoms with E-state index in [4.69, 9.17) is 4.74 Å². The van der Waals surface area contributed by atoms with Crippen LogP contribution in [0.15, 0.2) is 0 Å². The van der Waals surface area contributed by atoms with E-state index < -0.39 is 0 Å². The molecule has 1 aliphatic rings. The highest BCUT2D eigenvalue weighted by atomic mass is 16.5. The summed E-state index contributed by atoms with van der Waals surface area (Å²) in [5.41, 5.74) is -0.186. The Balaban J connectivity index is 2.41. The number of piperidine rings is 1. The molecule has 0 radical (unpaired) electrons. The van der Waals surface area contributed by atoms with Gasteiger partial charge in [0.25, 0.3) is 0 Å². The first-order chi connectivity index (χ1) is 7.63. The maximum absolute atomic E-state index is 9.37. The second kappa shape index (κ2) is 6.55. The zero-order valence-corrected chi connectivity index (χ0v) is 10.8. The number of ether oxygens (including phenoxy) is 1. The molecule has 2 unspecified atom stereocenters. The number of aliphatic hydroxyl groups is 1. The lowest BCUT2D eigenvalue weighted by Crippen LogP contribution is -2.54. The van der Waals surface area contributed by atoms with Crippen molar-refractivity contribution < 1.29 is 9.84 Å². The van der Waals surface area contributed by atoms with Crippen molar-refractivity contribution in [2.45, 2.75) is 25.3 Å². The van der Waals surface area contributed by atoms with Crippen LogP contribution in [0.1, 0.15) is 19.8 Å². The second-order valence-electron chi connectivity index (χ2n) is 5.17. The van der Waals surface area contributed by atoms with Crippen LogP contribution in [0.5, 0.6) is 0 Å². The van der Waals surface area contributed by atoms with Gasteiger partial charge < -0.3 is 20.1 Å². The van der Waals surface area contributed by atoms with Crippen LogP contribution in [0.3, 0.4) is 0 Å². The molecular weight excluding hydrogens is 204 g/mol. The molecule has 2 atom stereocenters. The predicted molar refractivity (Wildman–Crippen MR) is 65.6 cm³/mol. The molecule has 4 nitrogen and oxygen atoms in total. The fourth-order valence-electron chi connectivity index (χ4n) is 2.37. The van der Waals surface area contributed by atoms with E-state index in [2.05, 4.69) is 17.1 Å². The molecular formula is C12H26N2O2. The maximum atomic E-state index is 9.37. The molecule has 0 aromatic heterocycles. The van der Waals surface area contributed by atoms with E-state index in [0.717, 1.165) is 26.2 Å². The minimum absolute atomic E-state index is 0.176. The Morgan fingerprint density at radius 1 is 1.56 bits per heavy atom. The summed E-state index contributed by atoms with van der Waals surface area (Å²) in [5.74, 6) is 0.651. The Morgan fingerprint density at radius 2 is 2.31 bits per heavy atom. The number of rotatable bonds is 6. The maximum Gasteiger partial charge on any atom is 0.0623 e. The molecule has 0 bridgehead atoms. The quantitative estimate of drug-likeness (QED) is 0.689. The summed E-state index contributed by atoms with van der Waals surface area (Å²) in [6, 6.07) is 0. The molecule has 0 aromatic carbocycles. The summed E-state index contributed by atoms with van der Waals surface area (Å²) in [5, 5.41) is 12.6. The molecule has 1 saturated heterocycles. The predicted octanol–water partition coefficient (Wildman–Crippen LogP) is 0.315. The van der Waals surface area contributed by atoms with Gasteiger partial charge in [0.1, 0.15) is 0 Å². The van der Waals surface area contributed by atoms with Crippen LogP contribution in [0.4, 0.5) is 0 Å². The van der Waals surface area contributed by atoms with Crippen molar-refractivity contribution in [1.29, 1.82) is 0 Å².